The van der Waals surface area contributed by atoms with Crippen LogP contribution in [0.3, 0.4) is 0 Å². The molecule has 6 nitrogen and oxygen atoms in total. The highest BCUT2D eigenvalue weighted by molar-refractivity contribution is 5.63. The molecule has 1 unspecified atom stereocenters. The summed E-state index contributed by atoms with van der Waals surface area (Å²) in [5.74, 6) is 1.60. The molecule has 0 aromatic carbocycles. The van der Waals surface area contributed by atoms with Crippen LogP contribution >= 0.6 is 0 Å². The van der Waals surface area contributed by atoms with Crippen molar-refractivity contribution < 1.29 is 16.3 Å². The fraction of sp³-hybridized carbons (Fsp3) is 0.609. The second-order valence-electron chi connectivity index (χ2n) is 8.82. The van der Waals surface area contributed by atoms with Gasteiger partial charge in [-0.05, 0) is 61.6 Å². The number of likely N-dealkylation sites (tertiary alicyclic amines) is 1. The Morgan fingerprint density at radius 1 is 1.13 bits per heavy atom. The molecule has 1 saturated carbocycles. The Balaban J connectivity index is 1.18. The highest BCUT2D eigenvalue weighted by Crippen LogP contribution is 2.39. The Hall–Kier alpha value is -2.19. The summed E-state index contributed by atoms with van der Waals surface area (Å²) in [6.45, 7) is 1.61. The van der Waals surface area contributed by atoms with Gasteiger partial charge in [-0.1, -0.05) is 0 Å². The van der Waals surface area contributed by atoms with Crippen LogP contribution < -0.4 is 5.32 Å². The Morgan fingerprint density at radius 2 is 1.90 bits per heavy atom. The van der Waals surface area contributed by atoms with Gasteiger partial charge < -0.3 is 15.0 Å². The maximum absolute atomic E-state index is 13.3. The molecule has 0 amide bonds. The maximum Gasteiger partial charge on any atom is 0.264 e. The Bertz CT molecular complexity index is 944. The lowest BCUT2D eigenvalue weighted by atomic mass is 10.00. The van der Waals surface area contributed by atoms with Gasteiger partial charge in [-0.15, -0.1) is 10.2 Å². The van der Waals surface area contributed by atoms with E-state index in [0.717, 1.165) is 38.8 Å². The molecule has 2 aromatic rings. The largest absolute Gasteiger partial charge is 0.381 e. The van der Waals surface area contributed by atoms with E-state index < -0.39 is 12.9 Å². The van der Waals surface area contributed by atoms with E-state index in [1.807, 2.05) is 0 Å². The minimum atomic E-state index is -2.60. The number of nitrogens with one attached hydrogen (secondary N) is 1. The van der Waals surface area contributed by atoms with E-state index in [0.29, 0.717) is 42.1 Å². The van der Waals surface area contributed by atoms with Crippen LogP contribution in [0.2, 0.25) is 0 Å². The SMILES string of the molecule is [2H]C([2H])(C1CCOCC1)N1C[C@H]2CC(Nc3ccc(-c4cnccc4C(F)F)nn3)C[C@H]2C1. The van der Waals surface area contributed by atoms with Gasteiger partial charge in [0.05, 0.1) is 5.69 Å². The topological polar surface area (TPSA) is 63.2 Å². The van der Waals surface area contributed by atoms with E-state index in [-0.39, 0.29) is 17.5 Å². The molecule has 1 N–H and O–H groups in total. The van der Waals surface area contributed by atoms with E-state index in [4.69, 9.17) is 7.48 Å². The lowest BCUT2D eigenvalue weighted by Crippen LogP contribution is -2.32. The van der Waals surface area contributed by atoms with Crippen LogP contribution in [-0.4, -0.2) is 58.9 Å². The molecule has 3 aliphatic rings. The molecule has 1 aliphatic carbocycles. The number of rotatable bonds is 6. The van der Waals surface area contributed by atoms with Crippen LogP contribution in [0.25, 0.3) is 11.3 Å². The minimum Gasteiger partial charge on any atom is -0.381 e. The van der Waals surface area contributed by atoms with Crippen molar-refractivity contribution in [3.8, 4) is 11.3 Å². The third kappa shape index (κ3) is 4.70. The van der Waals surface area contributed by atoms with Crippen molar-refractivity contribution in [2.24, 2.45) is 17.8 Å². The van der Waals surface area contributed by atoms with Gasteiger partial charge in [-0.2, -0.15) is 0 Å². The van der Waals surface area contributed by atoms with Crippen molar-refractivity contribution in [1.29, 1.82) is 0 Å². The van der Waals surface area contributed by atoms with Gasteiger partial charge in [0, 0.05) is 65.1 Å². The number of alkyl halides is 2. The fourth-order valence-corrected chi connectivity index (χ4v) is 5.18. The molecule has 0 bridgehead atoms. The van der Waals surface area contributed by atoms with Crippen LogP contribution in [-0.2, 0) is 4.74 Å². The molecule has 8 heteroatoms. The molecule has 0 radical (unpaired) electrons. The zero-order valence-electron chi connectivity index (χ0n) is 19.4. The average molecular weight is 432 g/mol. The summed E-state index contributed by atoms with van der Waals surface area (Å²) < 4.78 is 49.4. The molecular weight excluding hydrogens is 400 g/mol. The van der Waals surface area contributed by atoms with E-state index in [1.165, 1.54) is 18.5 Å². The van der Waals surface area contributed by atoms with E-state index in [1.54, 1.807) is 12.1 Å². The van der Waals surface area contributed by atoms with E-state index in [2.05, 4.69) is 25.4 Å². The summed E-state index contributed by atoms with van der Waals surface area (Å²) in [4.78, 5) is 5.99. The lowest BCUT2D eigenvalue weighted by Gasteiger charge is -2.27. The zero-order valence-corrected chi connectivity index (χ0v) is 17.4. The van der Waals surface area contributed by atoms with Crippen LogP contribution in [0, 0.1) is 17.8 Å². The monoisotopic (exact) mass is 431 g/mol. The highest BCUT2D eigenvalue weighted by atomic mass is 19.3. The molecular formula is C23H29F2N5O. The average Bonchev–Trinajstić information content (AvgIpc) is 3.39. The summed E-state index contributed by atoms with van der Waals surface area (Å²) >= 11 is 0. The summed E-state index contributed by atoms with van der Waals surface area (Å²) in [7, 11) is 0. The summed E-state index contributed by atoms with van der Waals surface area (Å²) in [6.07, 6.45) is 3.64. The first-order valence-electron chi connectivity index (χ1n) is 12.1. The van der Waals surface area contributed by atoms with Crippen molar-refractivity contribution in [2.45, 2.75) is 38.2 Å². The van der Waals surface area contributed by atoms with Crippen LogP contribution in [0.15, 0.2) is 30.6 Å². The first kappa shape index (κ1) is 18.4. The Morgan fingerprint density at radius 3 is 2.58 bits per heavy atom. The van der Waals surface area contributed by atoms with Gasteiger partial charge in [-0.25, -0.2) is 8.78 Å². The van der Waals surface area contributed by atoms with Crippen molar-refractivity contribution in [2.75, 3.05) is 38.1 Å². The van der Waals surface area contributed by atoms with Gasteiger partial charge in [-0.3, -0.25) is 4.98 Å². The predicted octanol–water partition coefficient (Wildman–Crippen LogP) is 4.03. The third-order valence-electron chi connectivity index (χ3n) is 6.72. The van der Waals surface area contributed by atoms with Gasteiger partial charge >= 0.3 is 0 Å². The van der Waals surface area contributed by atoms with Crippen molar-refractivity contribution in [1.82, 2.24) is 20.1 Å². The lowest BCUT2D eigenvalue weighted by molar-refractivity contribution is 0.0545. The Labute approximate surface area is 184 Å². The highest BCUT2D eigenvalue weighted by Gasteiger charge is 2.41. The standard InChI is InChI=1S/C23H29F2N5O/c24-23(25)19-3-6-26-11-20(19)21-1-2-22(29-28-21)27-18-9-16-13-30(14-17(16)10-18)12-15-4-7-31-8-5-15/h1-3,6,11,15-18,23H,4-5,7-10,12-14H2,(H,27,29)/t16-,17+,18?/i12D2. The molecule has 31 heavy (non-hydrogen) atoms. The van der Waals surface area contributed by atoms with Gasteiger partial charge in [0.25, 0.3) is 6.43 Å². The van der Waals surface area contributed by atoms with Gasteiger partial charge in [0.15, 0.2) is 0 Å². The van der Waals surface area contributed by atoms with Gasteiger partial charge in [0.2, 0.25) is 0 Å². The fourth-order valence-electron chi connectivity index (χ4n) is 5.18. The minimum absolute atomic E-state index is 0.0400. The number of fused-ring (bicyclic) bond motifs is 1. The molecule has 2 aromatic heterocycles. The van der Waals surface area contributed by atoms with Crippen LogP contribution in [0.1, 0.15) is 40.4 Å². The number of hydrogen-bond donors (Lipinski definition) is 1. The molecule has 4 heterocycles. The van der Waals surface area contributed by atoms with Crippen molar-refractivity contribution >= 4 is 5.82 Å². The third-order valence-corrected chi connectivity index (χ3v) is 6.72. The normalized spacial score (nSPS) is 28.4. The first-order chi connectivity index (χ1) is 15.9. The number of halogens is 2. The smallest absolute Gasteiger partial charge is 0.264 e. The predicted molar refractivity (Wildman–Crippen MR) is 114 cm³/mol. The molecule has 2 saturated heterocycles. The number of aromatic nitrogens is 3. The van der Waals surface area contributed by atoms with Crippen LogP contribution in [0.5, 0.6) is 0 Å². The van der Waals surface area contributed by atoms with Crippen LogP contribution in [0.4, 0.5) is 14.6 Å². The van der Waals surface area contributed by atoms with Gasteiger partial charge in [0.1, 0.15) is 5.82 Å². The van der Waals surface area contributed by atoms with Crippen molar-refractivity contribution in [3.63, 3.8) is 0 Å². The number of anilines is 1. The first-order valence-corrected chi connectivity index (χ1v) is 11.1. The maximum atomic E-state index is 13.3. The zero-order chi connectivity index (χ0) is 23.0. The Kier molecular flexibility index (Phi) is 5.41. The second kappa shape index (κ2) is 9.12. The molecule has 5 rings (SSSR count). The number of ether oxygens (including phenoxy) is 1. The quantitative estimate of drug-likeness (QED) is 0.745. The molecule has 2 aliphatic heterocycles. The molecule has 3 atom stereocenters. The summed E-state index contributed by atoms with van der Waals surface area (Å²) in [5, 5.41) is 11.8. The number of hydrogen-bond acceptors (Lipinski definition) is 6. The molecule has 3 fully saturated rings. The second-order valence-corrected chi connectivity index (χ2v) is 8.82. The summed E-state index contributed by atoms with van der Waals surface area (Å²) in [5.41, 5.74) is 0.563. The number of pyridine rings is 1. The molecule has 166 valence electrons. The van der Waals surface area contributed by atoms with E-state index >= 15 is 0 Å². The summed E-state index contributed by atoms with van der Waals surface area (Å²) in [6, 6.07) is 5.03. The molecule has 0 spiro atoms. The number of nitrogens with zero attached hydrogens (tertiary/aromatic N) is 4. The van der Waals surface area contributed by atoms with E-state index in [9.17, 15) is 8.78 Å². The van der Waals surface area contributed by atoms with Crippen molar-refractivity contribution in [3.05, 3.63) is 36.2 Å².